The van der Waals surface area contributed by atoms with Crippen LogP contribution in [-0.4, -0.2) is 36.1 Å². The van der Waals surface area contributed by atoms with Crippen LogP contribution in [0.5, 0.6) is 0 Å². The number of non-ortho nitro benzene ring substituents is 1. The highest BCUT2D eigenvalue weighted by atomic mass is 16.6. The van der Waals surface area contributed by atoms with E-state index in [4.69, 9.17) is 0 Å². The molecule has 2 rings (SSSR count). The van der Waals surface area contributed by atoms with Crippen LogP contribution < -0.4 is 0 Å². The van der Waals surface area contributed by atoms with Crippen molar-refractivity contribution in [3.63, 3.8) is 0 Å². The second kappa shape index (κ2) is 6.65. The van der Waals surface area contributed by atoms with Crippen molar-refractivity contribution < 1.29 is 24.0 Å². The van der Waals surface area contributed by atoms with Gasteiger partial charge in [-0.1, -0.05) is 0 Å². The predicted octanol–water partition coefficient (Wildman–Crippen LogP) is 2.23. The summed E-state index contributed by atoms with van der Waals surface area (Å²) in [6.07, 6.45) is 2.52. The molecule has 2 aromatic rings. The van der Waals surface area contributed by atoms with Crippen molar-refractivity contribution in [2.24, 2.45) is 0 Å². The number of hydrogen-bond acceptors (Lipinski definition) is 7. The fraction of sp³-hybridized carbons (Fsp3) is 0.133. The van der Waals surface area contributed by atoms with E-state index in [0.717, 1.165) is 0 Å². The molecular formula is C15H12N2O6. The number of nitro groups is 1. The van der Waals surface area contributed by atoms with Crippen molar-refractivity contribution in [1.82, 2.24) is 4.98 Å². The molecule has 0 aliphatic carbocycles. The fourth-order valence-corrected chi connectivity index (χ4v) is 2.05. The third kappa shape index (κ3) is 3.15. The van der Waals surface area contributed by atoms with Crippen LogP contribution >= 0.6 is 0 Å². The number of pyridine rings is 1. The van der Waals surface area contributed by atoms with Crippen LogP contribution in [0.1, 0.15) is 20.7 Å². The lowest BCUT2D eigenvalue weighted by atomic mass is 9.96. The Labute approximate surface area is 130 Å². The number of nitro benzene ring substituents is 1. The Morgan fingerprint density at radius 3 is 1.87 bits per heavy atom. The van der Waals surface area contributed by atoms with Gasteiger partial charge in [-0.25, -0.2) is 9.59 Å². The summed E-state index contributed by atoms with van der Waals surface area (Å²) in [5.74, 6) is -1.37. The standard InChI is InChI=1S/C15H12N2O6/c1-22-14(18)11-7-16-8-12(15(19)23-2)13(11)9-3-5-10(6-4-9)17(20)21/h3-8H,1-2H3. The molecule has 0 unspecified atom stereocenters. The highest BCUT2D eigenvalue weighted by molar-refractivity contribution is 6.05. The number of methoxy groups -OCH3 is 2. The lowest BCUT2D eigenvalue weighted by molar-refractivity contribution is -0.384. The summed E-state index contributed by atoms with van der Waals surface area (Å²) in [5, 5.41) is 10.7. The Balaban J connectivity index is 2.68. The quantitative estimate of drug-likeness (QED) is 0.483. The van der Waals surface area contributed by atoms with Crippen molar-refractivity contribution in [3.05, 3.63) is 57.9 Å². The molecule has 0 aliphatic heterocycles. The molecule has 0 aliphatic rings. The summed E-state index contributed by atoms with van der Waals surface area (Å²) in [6.45, 7) is 0. The summed E-state index contributed by atoms with van der Waals surface area (Å²) in [4.78, 5) is 37.9. The van der Waals surface area contributed by atoms with Crippen LogP contribution in [0.25, 0.3) is 11.1 Å². The summed E-state index contributed by atoms with van der Waals surface area (Å²) in [7, 11) is 2.40. The highest BCUT2D eigenvalue weighted by Crippen LogP contribution is 2.29. The zero-order valence-electron chi connectivity index (χ0n) is 12.3. The first-order valence-corrected chi connectivity index (χ1v) is 6.39. The molecule has 1 heterocycles. The average molecular weight is 316 g/mol. The van der Waals surface area contributed by atoms with E-state index < -0.39 is 16.9 Å². The molecule has 8 heteroatoms. The molecule has 0 N–H and O–H groups in total. The number of hydrogen-bond donors (Lipinski definition) is 0. The Hall–Kier alpha value is -3.29. The molecule has 0 bridgehead atoms. The van der Waals surface area contributed by atoms with E-state index >= 15 is 0 Å². The van der Waals surface area contributed by atoms with E-state index in [1.54, 1.807) is 0 Å². The number of esters is 2. The van der Waals surface area contributed by atoms with Gasteiger partial charge in [0, 0.05) is 30.1 Å². The summed E-state index contributed by atoms with van der Waals surface area (Å²) < 4.78 is 9.38. The van der Waals surface area contributed by atoms with Gasteiger partial charge in [0.2, 0.25) is 0 Å². The normalized spacial score (nSPS) is 10.0. The van der Waals surface area contributed by atoms with Crippen LogP contribution in [0.15, 0.2) is 36.7 Å². The predicted molar refractivity (Wildman–Crippen MR) is 79.0 cm³/mol. The lowest BCUT2D eigenvalue weighted by Gasteiger charge is -2.12. The third-order valence-electron chi connectivity index (χ3n) is 3.12. The highest BCUT2D eigenvalue weighted by Gasteiger charge is 2.22. The molecule has 0 fully saturated rings. The van der Waals surface area contributed by atoms with Crippen LogP contribution in [0, 0.1) is 10.1 Å². The van der Waals surface area contributed by atoms with E-state index in [1.165, 1.54) is 50.9 Å². The molecule has 0 spiro atoms. The molecule has 118 valence electrons. The van der Waals surface area contributed by atoms with E-state index in [2.05, 4.69) is 14.5 Å². The molecule has 23 heavy (non-hydrogen) atoms. The van der Waals surface area contributed by atoms with E-state index in [0.29, 0.717) is 5.56 Å². The number of benzene rings is 1. The summed E-state index contributed by atoms with van der Waals surface area (Å²) >= 11 is 0. The smallest absolute Gasteiger partial charge is 0.340 e. The maximum atomic E-state index is 11.9. The van der Waals surface area contributed by atoms with Gasteiger partial charge in [0.25, 0.3) is 5.69 Å². The van der Waals surface area contributed by atoms with Crippen molar-refractivity contribution in [3.8, 4) is 11.1 Å². The Kier molecular flexibility index (Phi) is 4.65. The SMILES string of the molecule is COC(=O)c1cncc(C(=O)OC)c1-c1ccc([N+](=O)[O-])cc1. The monoisotopic (exact) mass is 316 g/mol. The third-order valence-corrected chi connectivity index (χ3v) is 3.12. The maximum absolute atomic E-state index is 11.9. The van der Waals surface area contributed by atoms with Crippen molar-refractivity contribution in [1.29, 1.82) is 0 Å². The summed E-state index contributed by atoms with van der Waals surface area (Å²) in [6, 6.07) is 5.43. The second-order valence-electron chi connectivity index (χ2n) is 4.40. The van der Waals surface area contributed by atoms with Crippen LogP contribution in [-0.2, 0) is 9.47 Å². The van der Waals surface area contributed by atoms with Gasteiger partial charge in [0.1, 0.15) is 0 Å². The van der Waals surface area contributed by atoms with Crippen molar-refractivity contribution in [2.75, 3.05) is 14.2 Å². The minimum Gasteiger partial charge on any atom is -0.465 e. The van der Waals surface area contributed by atoms with Gasteiger partial charge in [-0.3, -0.25) is 15.1 Å². The van der Waals surface area contributed by atoms with Crippen molar-refractivity contribution >= 4 is 17.6 Å². The van der Waals surface area contributed by atoms with Gasteiger partial charge < -0.3 is 9.47 Å². The first-order valence-electron chi connectivity index (χ1n) is 6.39. The Bertz CT molecular complexity index is 736. The number of rotatable bonds is 4. The van der Waals surface area contributed by atoms with Gasteiger partial charge >= 0.3 is 11.9 Å². The van der Waals surface area contributed by atoms with Gasteiger partial charge in [0.15, 0.2) is 0 Å². The zero-order chi connectivity index (χ0) is 17.0. The maximum Gasteiger partial charge on any atom is 0.340 e. The number of carbonyl (C=O) groups is 2. The lowest BCUT2D eigenvalue weighted by Crippen LogP contribution is -2.11. The van der Waals surface area contributed by atoms with Gasteiger partial charge in [-0.05, 0) is 17.7 Å². The van der Waals surface area contributed by atoms with Gasteiger partial charge in [-0.2, -0.15) is 0 Å². The second-order valence-corrected chi connectivity index (χ2v) is 4.40. The molecule has 1 aromatic carbocycles. The first-order chi connectivity index (χ1) is 11.0. The topological polar surface area (TPSA) is 109 Å². The van der Waals surface area contributed by atoms with E-state index in [9.17, 15) is 19.7 Å². The molecule has 8 nitrogen and oxygen atoms in total. The van der Waals surface area contributed by atoms with E-state index in [1.807, 2.05) is 0 Å². The molecule has 0 radical (unpaired) electrons. The molecule has 0 saturated carbocycles. The molecule has 1 aromatic heterocycles. The van der Waals surface area contributed by atoms with Crippen LogP contribution in [0.4, 0.5) is 5.69 Å². The van der Waals surface area contributed by atoms with Gasteiger partial charge in [0.05, 0.1) is 30.3 Å². The number of aromatic nitrogens is 1. The number of nitrogens with zero attached hydrogens (tertiary/aromatic N) is 2. The zero-order valence-corrected chi connectivity index (χ0v) is 12.3. The first kappa shape index (κ1) is 16.1. The minimum absolute atomic E-state index is 0.0595. The molecule has 0 amide bonds. The van der Waals surface area contributed by atoms with E-state index in [-0.39, 0.29) is 22.4 Å². The minimum atomic E-state index is -0.684. The summed E-state index contributed by atoms with van der Waals surface area (Å²) in [5.41, 5.74) is 0.683. The Morgan fingerprint density at radius 2 is 1.48 bits per heavy atom. The average Bonchev–Trinajstić information content (AvgIpc) is 2.59. The molecule has 0 atom stereocenters. The molecular weight excluding hydrogens is 304 g/mol. The van der Waals surface area contributed by atoms with Crippen LogP contribution in [0.3, 0.4) is 0 Å². The number of ether oxygens (including phenoxy) is 2. The van der Waals surface area contributed by atoms with Crippen LogP contribution in [0.2, 0.25) is 0 Å². The largest absolute Gasteiger partial charge is 0.465 e. The molecule has 0 saturated heterocycles. The van der Waals surface area contributed by atoms with Crippen molar-refractivity contribution in [2.45, 2.75) is 0 Å². The fourth-order valence-electron chi connectivity index (χ4n) is 2.05. The number of carbonyl (C=O) groups excluding carboxylic acids is 2. The van der Waals surface area contributed by atoms with Gasteiger partial charge in [-0.15, -0.1) is 0 Å². The Morgan fingerprint density at radius 1 is 1.00 bits per heavy atom.